The van der Waals surface area contributed by atoms with Crippen molar-refractivity contribution in [2.75, 3.05) is 23.3 Å². The van der Waals surface area contributed by atoms with Gasteiger partial charge in [-0.3, -0.25) is 9.59 Å². The highest BCUT2D eigenvalue weighted by Crippen LogP contribution is 2.35. The summed E-state index contributed by atoms with van der Waals surface area (Å²) in [6, 6.07) is 5.10. The lowest BCUT2D eigenvalue weighted by molar-refractivity contribution is -0.117. The molecule has 0 aliphatic carbocycles. The fourth-order valence-electron chi connectivity index (χ4n) is 1.79. The highest BCUT2D eigenvalue weighted by molar-refractivity contribution is 6.35. The SMILES string of the molecule is NCC(=O)N1CCC(=O)Nc2cccc(Cl)c21. The number of fused-ring (bicyclic) bond motifs is 1. The molecule has 1 aromatic carbocycles. The van der Waals surface area contributed by atoms with E-state index in [1.54, 1.807) is 18.2 Å². The summed E-state index contributed by atoms with van der Waals surface area (Å²) in [5.41, 5.74) is 6.42. The van der Waals surface area contributed by atoms with E-state index in [4.69, 9.17) is 17.3 Å². The molecule has 0 radical (unpaired) electrons. The topological polar surface area (TPSA) is 75.4 Å². The van der Waals surface area contributed by atoms with E-state index in [0.717, 1.165) is 0 Å². The van der Waals surface area contributed by atoms with Gasteiger partial charge in [0.25, 0.3) is 0 Å². The van der Waals surface area contributed by atoms with Crippen LogP contribution in [0.15, 0.2) is 18.2 Å². The number of anilines is 2. The minimum atomic E-state index is -0.254. The molecule has 2 rings (SSSR count). The van der Waals surface area contributed by atoms with Crippen LogP contribution in [0.1, 0.15) is 6.42 Å². The fourth-order valence-corrected chi connectivity index (χ4v) is 2.06. The molecule has 0 saturated heterocycles. The van der Waals surface area contributed by atoms with E-state index in [1.807, 2.05) is 0 Å². The van der Waals surface area contributed by atoms with E-state index < -0.39 is 0 Å². The van der Waals surface area contributed by atoms with Crippen LogP contribution in [0.4, 0.5) is 11.4 Å². The third kappa shape index (κ3) is 2.25. The minimum Gasteiger partial charge on any atom is -0.324 e. The molecule has 0 unspecified atom stereocenters. The molecular formula is C11H12ClN3O2. The zero-order chi connectivity index (χ0) is 12.4. The summed E-state index contributed by atoms with van der Waals surface area (Å²) >= 11 is 6.07. The summed E-state index contributed by atoms with van der Waals surface area (Å²) in [5.74, 6) is -0.392. The number of benzene rings is 1. The highest BCUT2D eigenvalue weighted by Gasteiger charge is 2.25. The van der Waals surface area contributed by atoms with Crippen LogP contribution in [0.3, 0.4) is 0 Å². The molecule has 6 heteroatoms. The van der Waals surface area contributed by atoms with Crippen molar-refractivity contribution in [2.24, 2.45) is 5.73 Å². The number of carbonyl (C=O) groups excluding carboxylic acids is 2. The number of nitrogens with one attached hydrogen (secondary N) is 1. The van der Waals surface area contributed by atoms with Crippen LogP contribution in [-0.2, 0) is 9.59 Å². The van der Waals surface area contributed by atoms with Gasteiger partial charge in [-0.2, -0.15) is 0 Å². The van der Waals surface area contributed by atoms with Gasteiger partial charge in [0.1, 0.15) is 0 Å². The Morgan fingerprint density at radius 3 is 3.00 bits per heavy atom. The number of para-hydroxylation sites is 1. The second-order valence-corrected chi connectivity index (χ2v) is 4.09. The first-order chi connectivity index (χ1) is 8.13. The Kier molecular flexibility index (Phi) is 3.31. The molecule has 2 amide bonds. The number of nitrogens with two attached hydrogens (primary N) is 1. The van der Waals surface area contributed by atoms with Crippen LogP contribution in [0.25, 0.3) is 0 Å². The molecule has 0 aromatic heterocycles. The number of halogens is 1. The van der Waals surface area contributed by atoms with Crippen LogP contribution in [0.2, 0.25) is 5.02 Å². The van der Waals surface area contributed by atoms with Crippen molar-refractivity contribution >= 4 is 34.8 Å². The summed E-state index contributed by atoms with van der Waals surface area (Å²) in [4.78, 5) is 24.7. The van der Waals surface area contributed by atoms with Gasteiger partial charge in [-0.15, -0.1) is 0 Å². The summed E-state index contributed by atoms with van der Waals surface area (Å²) in [5, 5.41) is 3.14. The van der Waals surface area contributed by atoms with Crippen molar-refractivity contribution < 1.29 is 9.59 Å². The smallest absolute Gasteiger partial charge is 0.240 e. The second kappa shape index (κ2) is 4.73. The van der Waals surface area contributed by atoms with Crippen molar-refractivity contribution in [3.63, 3.8) is 0 Å². The molecule has 0 atom stereocenters. The zero-order valence-corrected chi connectivity index (χ0v) is 9.83. The summed E-state index contributed by atoms with van der Waals surface area (Å²) in [6.07, 6.45) is 0.233. The molecule has 1 heterocycles. The molecule has 5 nitrogen and oxygen atoms in total. The lowest BCUT2D eigenvalue weighted by Crippen LogP contribution is -2.36. The molecule has 1 aromatic rings. The Labute approximate surface area is 104 Å². The van der Waals surface area contributed by atoms with Crippen molar-refractivity contribution in [1.82, 2.24) is 0 Å². The van der Waals surface area contributed by atoms with Crippen molar-refractivity contribution in [3.05, 3.63) is 23.2 Å². The van der Waals surface area contributed by atoms with Gasteiger partial charge >= 0.3 is 0 Å². The first-order valence-electron chi connectivity index (χ1n) is 5.22. The molecule has 1 aliphatic heterocycles. The van der Waals surface area contributed by atoms with Crippen LogP contribution in [-0.4, -0.2) is 24.9 Å². The maximum absolute atomic E-state index is 11.7. The quantitative estimate of drug-likeness (QED) is 0.783. The lowest BCUT2D eigenvalue weighted by Gasteiger charge is -2.22. The monoisotopic (exact) mass is 253 g/mol. The van der Waals surface area contributed by atoms with Crippen LogP contribution >= 0.6 is 11.6 Å². The molecule has 0 fully saturated rings. The predicted molar refractivity (Wildman–Crippen MR) is 66.1 cm³/mol. The van der Waals surface area contributed by atoms with Gasteiger partial charge in [-0.1, -0.05) is 17.7 Å². The largest absolute Gasteiger partial charge is 0.324 e. The van der Waals surface area contributed by atoms with E-state index in [0.29, 0.717) is 22.9 Å². The van der Waals surface area contributed by atoms with Crippen molar-refractivity contribution in [1.29, 1.82) is 0 Å². The van der Waals surface area contributed by atoms with E-state index in [1.165, 1.54) is 4.90 Å². The number of carbonyl (C=O) groups is 2. The highest BCUT2D eigenvalue weighted by atomic mass is 35.5. The molecule has 1 aliphatic rings. The number of hydrogen-bond acceptors (Lipinski definition) is 3. The van der Waals surface area contributed by atoms with E-state index in [-0.39, 0.29) is 24.8 Å². The normalized spacial score (nSPS) is 14.9. The van der Waals surface area contributed by atoms with Gasteiger partial charge in [0.2, 0.25) is 11.8 Å². The fraction of sp³-hybridized carbons (Fsp3) is 0.273. The number of hydrogen-bond donors (Lipinski definition) is 2. The summed E-state index contributed by atoms with van der Waals surface area (Å²) < 4.78 is 0. The Balaban J connectivity index is 2.51. The second-order valence-electron chi connectivity index (χ2n) is 3.68. The molecule has 0 spiro atoms. The van der Waals surface area contributed by atoms with Crippen LogP contribution < -0.4 is 16.0 Å². The van der Waals surface area contributed by atoms with Gasteiger partial charge in [-0.05, 0) is 12.1 Å². The van der Waals surface area contributed by atoms with Crippen LogP contribution in [0.5, 0.6) is 0 Å². The average molecular weight is 254 g/mol. The Bertz CT molecular complexity index is 476. The van der Waals surface area contributed by atoms with Gasteiger partial charge < -0.3 is 16.0 Å². The molecule has 17 heavy (non-hydrogen) atoms. The average Bonchev–Trinajstić information content (AvgIpc) is 2.47. The van der Waals surface area contributed by atoms with Gasteiger partial charge in [0.05, 0.1) is 22.9 Å². The molecule has 3 N–H and O–H groups in total. The maximum Gasteiger partial charge on any atom is 0.240 e. The Morgan fingerprint density at radius 1 is 1.53 bits per heavy atom. The van der Waals surface area contributed by atoms with Gasteiger partial charge in [0.15, 0.2) is 0 Å². The summed E-state index contributed by atoms with van der Waals surface area (Å²) in [7, 11) is 0. The Hall–Kier alpha value is -1.59. The van der Waals surface area contributed by atoms with Gasteiger partial charge in [-0.25, -0.2) is 0 Å². The van der Waals surface area contributed by atoms with E-state index >= 15 is 0 Å². The van der Waals surface area contributed by atoms with E-state index in [2.05, 4.69) is 5.32 Å². The van der Waals surface area contributed by atoms with E-state index in [9.17, 15) is 9.59 Å². The molecule has 0 bridgehead atoms. The third-order valence-corrected chi connectivity index (χ3v) is 2.87. The van der Waals surface area contributed by atoms with Crippen molar-refractivity contribution in [3.8, 4) is 0 Å². The standard InChI is InChI=1S/C11H12ClN3O2/c12-7-2-1-3-8-11(7)15(10(17)6-13)5-4-9(16)14-8/h1-3H,4-6,13H2,(H,14,16). The first-order valence-corrected chi connectivity index (χ1v) is 5.60. The predicted octanol–water partition coefficient (Wildman–Crippen LogP) is 0.974. The van der Waals surface area contributed by atoms with Crippen LogP contribution in [0, 0.1) is 0 Å². The first kappa shape index (κ1) is 11.9. The molecule has 90 valence electrons. The molecule has 0 saturated carbocycles. The number of amides is 2. The number of nitrogens with zero attached hydrogens (tertiary/aromatic N) is 1. The maximum atomic E-state index is 11.7. The summed E-state index contributed by atoms with van der Waals surface area (Å²) in [6.45, 7) is 0.178. The molecular weight excluding hydrogens is 242 g/mol. The lowest BCUT2D eigenvalue weighted by atomic mass is 10.2. The zero-order valence-electron chi connectivity index (χ0n) is 9.07. The number of rotatable bonds is 1. The van der Waals surface area contributed by atoms with Crippen molar-refractivity contribution in [2.45, 2.75) is 6.42 Å². The minimum absolute atomic E-state index is 0.112. The van der Waals surface area contributed by atoms with Gasteiger partial charge in [0, 0.05) is 13.0 Å². The Morgan fingerprint density at radius 2 is 2.29 bits per heavy atom. The third-order valence-electron chi connectivity index (χ3n) is 2.57.